The van der Waals surface area contributed by atoms with Crippen molar-refractivity contribution in [3.05, 3.63) is 42.0 Å². The van der Waals surface area contributed by atoms with Crippen LogP contribution in [0.5, 0.6) is 0 Å². The van der Waals surface area contributed by atoms with E-state index >= 15 is 0 Å². The Balaban J connectivity index is 1.73. The largest absolute Gasteiger partial charge is 0.393 e. The van der Waals surface area contributed by atoms with Crippen LogP contribution in [0.4, 0.5) is 14.7 Å². The molecule has 0 aliphatic heterocycles. The Kier molecular flexibility index (Phi) is 7.32. The molecule has 1 saturated carbocycles. The number of aliphatic hydroxyl groups is 1. The molecule has 0 aromatic carbocycles. The molecule has 1 fully saturated rings. The second kappa shape index (κ2) is 10.4. The first-order valence-electron chi connectivity index (χ1n) is 11.3. The van der Waals surface area contributed by atoms with Crippen molar-refractivity contribution in [3.8, 4) is 11.1 Å². The lowest BCUT2D eigenvalue weighted by molar-refractivity contribution is -0.130. The molecule has 0 radical (unpaired) electrons. The number of aliphatic hydroxyl groups excluding tert-OH is 1. The third-order valence-corrected chi connectivity index (χ3v) is 6.04. The molecule has 0 saturated heterocycles. The number of alkyl halides is 2. The zero-order valence-corrected chi connectivity index (χ0v) is 19.0. The Morgan fingerprint density at radius 2 is 2.03 bits per heavy atom. The molecule has 182 valence electrons. The maximum Gasteiger partial charge on any atom is 0.345 e. The standard InChI is InChI=1S/C23H28F2N6O3/c1-13(12-34-22(24)25)29-23-28-11-20-17(15-7-8-27-18(9-15)21(33)26-2)10-19(31(20)30-23)14-3-5-16(32)6-4-14/h7-11,13-14,16,22,32H,3-6,12H2,1-2H3,(H,26,33)(H,29,30)/t13-,14?,16?/m0/s1. The van der Waals surface area contributed by atoms with Gasteiger partial charge in [0, 0.05) is 36.5 Å². The zero-order valence-electron chi connectivity index (χ0n) is 19.0. The molecule has 34 heavy (non-hydrogen) atoms. The Morgan fingerprint density at radius 3 is 2.74 bits per heavy atom. The minimum absolute atomic E-state index is 0.187. The SMILES string of the molecule is CNC(=O)c1cc(-c2cc(C3CCC(O)CC3)n3nc(N[C@@H](C)COC(F)F)ncc23)ccn1. The van der Waals surface area contributed by atoms with E-state index in [1.54, 1.807) is 32.4 Å². The molecular weight excluding hydrogens is 446 g/mol. The molecule has 0 bridgehead atoms. The summed E-state index contributed by atoms with van der Waals surface area (Å²) in [5, 5.41) is 20.2. The highest BCUT2D eigenvalue weighted by Crippen LogP contribution is 2.37. The molecule has 3 N–H and O–H groups in total. The fourth-order valence-electron chi connectivity index (χ4n) is 4.30. The number of ether oxygens (including phenoxy) is 1. The van der Waals surface area contributed by atoms with E-state index in [-0.39, 0.29) is 30.5 Å². The van der Waals surface area contributed by atoms with Gasteiger partial charge in [0.1, 0.15) is 5.69 Å². The first-order chi connectivity index (χ1) is 16.4. The number of aromatic nitrogens is 4. The van der Waals surface area contributed by atoms with E-state index in [1.165, 1.54) is 0 Å². The van der Waals surface area contributed by atoms with Crippen LogP contribution in [0.1, 0.15) is 54.7 Å². The lowest BCUT2D eigenvalue weighted by Gasteiger charge is -2.25. The fourth-order valence-corrected chi connectivity index (χ4v) is 4.30. The third kappa shape index (κ3) is 5.31. The van der Waals surface area contributed by atoms with Crippen LogP contribution in [0.3, 0.4) is 0 Å². The fraction of sp³-hybridized carbons (Fsp3) is 0.478. The summed E-state index contributed by atoms with van der Waals surface area (Å²) in [7, 11) is 1.55. The number of fused-ring (bicyclic) bond motifs is 1. The average molecular weight is 475 g/mol. The summed E-state index contributed by atoms with van der Waals surface area (Å²) in [4.78, 5) is 20.6. The summed E-state index contributed by atoms with van der Waals surface area (Å²) in [6.07, 6.45) is 6.02. The molecule has 1 atom stereocenters. The molecule has 3 heterocycles. The minimum atomic E-state index is -2.84. The van der Waals surface area contributed by atoms with E-state index in [1.807, 2.05) is 16.6 Å². The van der Waals surface area contributed by atoms with Crippen molar-refractivity contribution in [1.29, 1.82) is 0 Å². The number of pyridine rings is 1. The van der Waals surface area contributed by atoms with Crippen molar-refractivity contribution in [1.82, 2.24) is 24.9 Å². The van der Waals surface area contributed by atoms with E-state index in [2.05, 4.69) is 30.4 Å². The second-order valence-corrected chi connectivity index (χ2v) is 8.52. The van der Waals surface area contributed by atoms with Gasteiger partial charge in [-0.1, -0.05) is 0 Å². The number of hydrogen-bond acceptors (Lipinski definition) is 7. The Labute approximate surface area is 195 Å². The van der Waals surface area contributed by atoms with Crippen molar-refractivity contribution in [2.45, 2.75) is 57.3 Å². The lowest BCUT2D eigenvalue weighted by atomic mass is 9.85. The van der Waals surface area contributed by atoms with Crippen molar-refractivity contribution < 1.29 is 23.4 Å². The zero-order chi connectivity index (χ0) is 24.2. The van der Waals surface area contributed by atoms with E-state index in [0.717, 1.165) is 35.2 Å². The average Bonchev–Trinajstić information content (AvgIpc) is 3.21. The maximum absolute atomic E-state index is 12.4. The van der Waals surface area contributed by atoms with Gasteiger partial charge < -0.3 is 20.5 Å². The summed E-state index contributed by atoms with van der Waals surface area (Å²) < 4.78 is 30.9. The highest BCUT2D eigenvalue weighted by molar-refractivity contribution is 5.94. The minimum Gasteiger partial charge on any atom is -0.393 e. The number of amides is 1. The van der Waals surface area contributed by atoms with Gasteiger partial charge in [-0.3, -0.25) is 9.78 Å². The molecule has 3 aromatic rings. The first kappa shape index (κ1) is 24.0. The Bertz CT molecular complexity index is 1150. The molecule has 11 heteroatoms. The number of nitrogens with one attached hydrogen (secondary N) is 2. The summed E-state index contributed by atoms with van der Waals surface area (Å²) in [6, 6.07) is 5.16. The number of carbonyl (C=O) groups is 1. The molecule has 1 aliphatic carbocycles. The van der Waals surface area contributed by atoms with Crippen LogP contribution in [-0.4, -0.2) is 63.0 Å². The molecule has 0 spiro atoms. The maximum atomic E-state index is 12.4. The van der Waals surface area contributed by atoms with Gasteiger partial charge in [0.2, 0.25) is 5.95 Å². The number of halogens is 2. The van der Waals surface area contributed by atoms with E-state index in [9.17, 15) is 18.7 Å². The van der Waals surface area contributed by atoms with Gasteiger partial charge in [0.15, 0.2) is 0 Å². The van der Waals surface area contributed by atoms with E-state index in [4.69, 9.17) is 0 Å². The first-order valence-corrected chi connectivity index (χ1v) is 11.3. The van der Waals surface area contributed by atoms with Crippen LogP contribution >= 0.6 is 0 Å². The van der Waals surface area contributed by atoms with Crippen LogP contribution in [0.15, 0.2) is 30.6 Å². The molecule has 3 aromatic heterocycles. The predicted molar refractivity (Wildman–Crippen MR) is 122 cm³/mol. The Morgan fingerprint density at radius 1 is 1.26 bits per heavy atom. The summed E-state index contributed by atoms with van der Waals surface area (Å²) in [6.45, 7) is -1.33. The molecule has 9 nitrogen and oxygen atoms in total. The van der Waals surface area contributed by atoms with Gasteiger partial charge in [-0.05, 0) is 56.4 Å². The van der Waals surface area contributed by atoms with Gasteiger partial charge in [-0.15, -0.1) is 5.10 Å². The van der Waals surface area contributed by atoms with Gasteiger partial charge in [-0.25, -0.2) is 9.50 Å². The number of anilines is 1. The number of nitrogens with zero attached hydrogens (tertiary/aromatic N) is 4. The second-order valence-electron chi connectivity index (χ2n) is 8.52. The van der Waals surface area contributed by atoms with Crippen molar-refractivity contribution >= 4 is 17.4 Å². The highest BCUT2D eigenvalue weighted by Gasteiger charge is 2.26. The highest BCUT2D eigenvalue weighted by atomic mass is 19.3. The number of carbonyl (C=O) groups excluding carboxylic acids is 1. The number of hydrogen-bond donors (Lipinski definition) is 3. The summed E-state index contributed by atoms with van der Waals surface area (Å²) in [5.41, 5.74) is 3.67. The molecule has 1 amide bonds. The van der Waals surface area contributed by atoms with Crippen LogP contribution in [0, 0.1) is 0 Å². The molecular formula is C23H28F2N6O3. The van der Waals surface area contributed by atoms with Crippen LogP contribution in [-0.2, 0) is 4.74 Å². The van der Waals surface area contributed by atoms with Crippen molar-refractivity contribution in [2.75, 3.05) is 19.0 Å². The summed E-state index contributed by atoms with van der Waals surface area (Å²) >= 11 is 0. The summed E-state index contributed by atoms with van der Waals surface area (Å²) in [5.74, 6) is 0.194. The topological polar surface area (TPSA) is 114 Å². The quantitative estimate of drug-likeness (QED) is 0.459. The number of rotatable bonds is 8. The van der Waals surface area contributed by atoms with Gasteiger partial charge >= 0.3 is 6.61 Å². The normalized spacial score (nSPS) is 19.4. The molecule has 4 rings (SSSR count). The van der Waals surface area contributed by atoms with Gasteiger partial charge in [0.25, 0.3) is 5.91 Å². The molecule has 1 aliphatic rings. The van der Waals surface area contributed by atoms with Crippen LogP contribution < -0.4 is 10.6 Å². The smallest absolute Gasteiger partial charge is 0.345 e. The van der Waals surface area contributed by atoms with E-state index in [0.29, 0.717) is 18.5 Å². The van der Waals surface area contributed by atoms with Gasteiger partial charge in [-0.2, -0.15) is 8.78 Å². The predicted octanol–water partition coefficient (Wildman–Crippen LogP) is 3.21. The monoisotopic (exact) mass is 474 g/mol. The Hall–Kier alpha value is -3.18. The van der Waals surface area contributed by atoms with Crippen molar-refractivity contribution in [2.24, 2.45) is 0 Å². The van der Waals surface area contributed by atoms with Crippen molar-refractivity contribution in [3.63, 3.8) is 0 Å². The van der Waals surface area contributed by atoms with Gasteiger partial charge in [0.05, 0.1) is 24.4 Å². The van der Waals surface area contributed by atoms with Crippen LogP contribution in [0.25, 0.3) is 16.6 Å². The van der Waals surface area contributed by atoms with Crippen LogP contribution in [0.2, 0.25) is 0 Å². The molecule has 0 unspecified atom stereocenters. The lowest BCUT2D eigenvalue weighted by Crippen LogP contribution is -2.25. The van der Waals surface area contributed by atoms with E-state index < -0.39 is 12.7 Å². The third-order valence-electron chi connectivity index (χ3n) is 6.04.